The molecule has 0 saturated carbocycles. The molecule has 0 aliphatic rings. The summed E-state index contributed by atoms with van der Waals surface area (Å²) in [5.41, 5.74) is 0. The van der Waals surface area contributed by atoms with Crippen LogP contribution in [0.5, 0.6) is 0 Å². The van der Waals surface area contributed by atoms with E-state index >= 15 is 0 Å². The SMILES string of the molecule is O=C(CSCCS(=O)CSCSC(=O)CSCCOOCCSCCO)OCCSCCO. The number of carbonyl (C=O) groups excluding carboxylic acids is 2. The zero-order chi connectivity index (χ0) is 24.4. The van der Waals surface area contributed by atoms with Crippen molar-refractivity contribution in [2.75, 3.05) is 95.0 Å². The van der Waals surface area contributed by atoms with Crippen LogP contribution in [0.25, 0.3) is 0 Å². The molecule has 196 valence electrons. The maximum Gasteiger partial charge on any atom is 0.315 e. The summed E-state index contributed by atoms with van der Waals surface area (Å²) in [6.07, 6.45) is 0. The molecule has 0 aromatic heterocycles. The Morgan fingerprint density at radius 3 is 2.00 bits per heavy atom. The van der Waals surface area contributed by atoms with Crippen LogP contribution in [0.15, 0.2) is 0 Å². The smallest absolute Gasteiger partial charge is 0.315 e. The van der Waals surface area contributed by atoms with E-state index in [2.05, 4.69) is 0 Å². The molecule has 2 N–H and O–H groups in total. The maximum absolute atomic E-state index is 12.0. The molecule has 8 nitrogen and oxygen atoms in total. The van der Waals surface area contributed by atoms with E-state index in [9.17, 15) is 13.8 Å². The second-order valence-corrected chi connectivity index (χ2v) is 14.7. The number of hydrogen-bond donors (Lipinski definition) is 2. The molecule has 0 rings (SSSR count). The molecule has 0 heterocycles. The molecule has 33 heavy (non-hydrogen) atoms. The highest BCUT2D eigenvalue weighted by atomic mass is 32.2. The average Bonchev–Trinajstić information content (AvgIpc) is 2.80. The second-order valence-electron chi connectivity index (χ2n) is 5.74. The van der Waals surface area contributed by atoms with Gasteiger partial charge in [-0.25, -0.2) is 9.78 Å². The third-order valence-electron chi connectivity index (χ3n) is 3.08. The van der Waals surface area contributed by atoms with E-state index in [1.54, 1.807) is 11.8 Å². The molecule has 15 heteroatoms. The monoisotopic (exact) mass is 602 g/mol. The first-order chi connectivity index (χ1) is 16.1. The molecule has 0 fully saturated rings. The van der Waals surface area contributed by atoms with Crippen molar-refractivity contribution in [2.45, 2.75) is 0 Å². The standard InChI is InChI=1S/C18H34O8S7/c19-1-6-27-8-3-24-17(21)13-30-11-12-33(23)16-31-15-32-18(22)14-29-10-5-26-25-4-9-28-7-2-20/h19-20H,1-16H2. The van der Waals surface area contributed by atoms with Crippen LogP contribution in [-0.2, 0) is 34.9 Å². The minimum absolute atomic E-state index is 0.0865. The maximum atomic E-state index is 12.0. The van der Waals surface area contributed by atoms with Gasteiger partial charge in [0.1, 0.15) is 6.61 Å². The van der Waals surface area contributed by atoms with E-state index in [1.807, 2.05) is 0 Å². The fourth-order valence-electron chi connectivity index (χ4n) is 1.69. The summed E-state index contributed by atoms with van der Waals surface area (Å²) in [4.78, 5) is 33.4. The van der Waals surface area contributed by atoms with Crippen LogP contribution < -0.4 is 0 Å². The summed E-state index contributed by atoms with van der Waals surface area (Å²) in [6, 6.07) is 0. The third-order valence-corrected chi connectivity index (χ3v) is 11.2. The molecule has 0 aromatic rings. The average molecular weight is 603 g/mol. The van der Waals surface area contributed by atoms with Gasteiger partial charge in [-0.15, -0.1) is 23.5 Å². The lowest BCUT2D eigenvalue weighted by molar-refractivity contribution is -0.285. The minimum atomic E-state index is -0.983. The molecule has 0 saturated heterocycles. The van der Waals surface area contributed by atoms with Gasteiger partial charge in [0.25, 0.3) is 0 Å². The fraction of sp³-hybridized carbons (Fsp3) is 0.889. The van der Waals surface area contributed by atoms with Gasteiger partial charge in [0.05, 0.1) is 43.0 Å². The minimum Gasteiger partial charge on any atom is -0.464 e. The van der Waals surface area contributed by atoms with Crippen molar-refractivity contribution < 1.29 is 38.5 Å². The van der Waals surface area contributed by atoms with Gasteiger partial charge >= 0.3 is 5.97 Å². The number of aliphatic hydroxyl groups excluding tert-OH is 2. The van der Waals surface area contributed by atoms with E-state index < -0.39 is 10.8 Å². The predicted octanol–water partition coefficient (Wildman–Crippen LogP) is 2.05. The number of hydrogen-bond acceptors (Lipinski definition) is 14. The molecular weight excluding hydrogens is 569 g/mol. The van der Waals surface area contributed by atoms with Crippen LogP contribution in [-0.4, -0.2) is 120 Å². The van der Waals surface area contributed by atoms with Gasteiger partial charge in [-0.05, 0) is 0 Å². The van der Waals surface area contributed by atoms with E-state index in [-0.39, 0.29) is 30.1 Å². The number of aliphatic hydroxyl groups is 2. The van der Waals surface area contributed by atoms with Crippen molar-refractivity contribution in [3.63, 3.8) is 0 Å². The van der Waals surface area contributed by atoms with Crippen LogP contribution in [0.1, 0.15) is 0 Å². The van der Waals surface area contributed by atoms with Crippen molar-refractivity contribution in [3.8, 4) is 0 Å². The number of esters is 1. The van der Waals surface area contributed by atoms with Crippen LogP contribution in [0.3, 0.4) is 0 Å². The quantitative estimate of drug-likeness (QED) is 0.0521. The number of thioether (sulfide) groups is 6. The summed E-state index contributed by atoms with van der Waals surface area (Å²) >= 11 is 8.73. The summed E-state index contributed by atoms with van der Waals surface area (Å²) in [5.74, 6) is 4.95. The van der Waals surface area contributed by atoms with Crippen molar-refractivity contribution >= 4 is 92.5 Å². The summed E-state index contributed by atoms with van der Waals surface area (Å²) in [5, 5.41) is 18.4. The van der Waals surface area contributed by atoms with Crippen molar-refractivity contribution in [2.24, 2.45) is 0 Å². The van der Waals surface area contributed by atoms with Gasteiger partial charge in [0, 0.05) is 56.2 Å². The van der Waals surface area contributed by atoms with Crippen LogP contribution >= 0.6 is 70.6 Å². The molecule has 0 aliphatic heterocycles. The molecule has 1 unspecified atom stereocenters. The molecule has 0 aromatic carbocycles. The normalized spacial score (nSPS) is 12.1. The van der Waals surface area contributed by atoms with E-state index in [0.717, 1.165) is 5.75 Å². The molecular formula is C18H34O8S7. The third kappa shape index (κ3) is 27.7. The van der Waals surface area contributed by atoms with Gasteiger partial charge in [-0.2, -0.15) is 35.3 Å². The van der Waals surface area contributed by atoms with Crippen LogP contribution in [0.2, 0.25) is 0 Å². The predicted molar refractivity (Wildman–Crippen MR) is 149 cm³/mol. The zero-order valence-electron chi connectivity index (χ0n) is 18.5. The Morgan fingerprint density at radius 2 is 1.33 bits per heavy atom. The first kappa shape index (κ1) is 34.2. The van der Waals surface area contributed by atoms with Gasteiger partial charge in [0.15, 0.2) is 5.12 Å². The topological polar surface area (TPSA) is 119 Å². The lowest BCUT2D eigenvalue weighted by atomic mass is 10.7. The zero-order valence-corrected chi connectivity index (χ0v) is 24.2. The lowest BCUT2D eigenvalue weighted by Crippen LogP contribution is -2.11. The summed E-state index contributed by atoms with van der Waals surface area (Å²) in [7, 11) is -0.983. The molecule has 0 aliphatic carbocycles. The lowest BCUT2D eigenvalue weighted by Gasteiger charge is -2.05. The Morgan fingerprint density at radius 1 is 0.727 bits per heavy atom. The first-order valence-corrected chi connectivity index (χ1v) is 18.4. The molecule has 0 bridgehead atoms. The molecule has 1 atom stereocenters. The Hall–Kier alpha value is 1.23. The Balaban J connectivity index is 3.39. The van der Waals surface area contributed by atoms with Crippen molar-refractivity contribution in [3.05, 3.63) is 0 Å². The Kier molecular flexibility index (Phi) is 28.8. The first-order valence-electron chi connectivity index (χ1n) is 10.1. The van der Waals surface area contributed by atoms with Gasteiger partial charge < -0.3 is 14.9 Å². The molecule has 0 spiro atoms. The van der Waals surface area contributed by atoms with Crippen molar-refractivity contribution in [1.29, 1.82) is 0 Å². The number of rotatable bonds is 25. The Labute approximate surface area is 224 Å². The van der Waals surface area contributed by atoms with Crippen LogP contribution in [0.4, 0.5) is 0 Å². The highest BCUT2D eigenvalue weighted by Crippen LogP contribution is 2.17. The summed E-state index contributed by atoms with van der Waals surface area (Å²) < 4.78 is 17.0. The highest BCUT2D eigenvalue weighted by Gasteiger charge is 2.07. The second kappa shape index (κ2) is 27.8. The van der Waals surface area contributed by atoms with Gasteiger partial charge in [-0.1, -0.05) is 11.8 Å². The number of ether oxygens (including phenoxy) is 1. The van der Waals surface area contributed by atoms with Crippen LogP contribution in [0, 0.1) is 0 Å². The van der Waals surface area contributed by atoms with Crippen molar-refractivity contribution in [1.82, 2.24) is 0 Å². The highest BCUT2D eigenvalue weighted by molar-refractivity contribution is 8.26. The summed E-state index contributed by atoms with van der Waals surface area (Å²) in [6.45, 7) is 1.52. The molecule has 0 amide bonds. The largest absolute Gasteiger partial charge is 0.464 e. The van der Waals surface area contributed by atoms with E-state index in [1.165, 1.54) is 58.8 Å². The Bertz CT molecular complexity index is 502. The number of carbonyl (C=O) groups is 2. The molecule has 0 radical (unpaired) electrons. The van der Waals surface area contributed by atoms with Gasteiger partial charge in [-0.3, -0.25) is 13.8 Å². The van der Waals surface area contributed by atoms with E-state index in [0.29, 0.717) is 70.3 Å². The van der Waals surface area contributed by atoms with E-state index in [4.69, 9.17) is 24.7 Å². The fourth-order valence-corrected chi connectivity index (χ4v) is 8.39. The van der Waals surface area contributed by atoms with Gasteiger partial charge in [0.2, 0.25) is 0 Å².